The number of hydrogen-bond donors (Lipinski definition) is 2. The van der Waals surface area contributed by atoms with E-state index in [2.05, 4.69) is 11.4 Å². The first-order chi connectivity index (χ1) is 10.3. The Balaban J connectivity index is 2.27. The largest absolute Gasteiger partial charge is 0.393 e. The zero-order valence-corrected chi connectivity index (χ0v) is 14.2. The number of carbonyl (C=O) groups excluding carboxylic acids is 1. The molecule has 22 heavy (non-hydrogen) atoms. The van der Waals surface area contributed by atoms with Crippen LogP contribution in [0.3, 0.4) is 0 Å². The highest BCUT2D eigenvalue weighted by atomic mass is 32.2. The fourth-order valence-corrected chi connectivity index (χ4v) is 3.02. The molecule has 120 valence electrons. The van der Waals surface area contributed by atoms with Gasteiger partial charge in [-0.15, -0.1) is 11.8 Å². The molecule has 0 aliphatic carbocycles. The van der Waals surface area contributed by atoms with Crippen LogP contribution in [0.15, 0.2) is 24.3 Å². The molecular formula is C17H24N2O2S. The summed E-state index contributed by atoms with van der Waals surface area (Å²) in [5, 5.41) is 21.1. The summed E-state index contributed by atoms with van der Waals surface area (Å²) in [6.07, 6.45) is 0.295. The monoisotopic (exact) mass is 320 g/mol. The fourth-order valence-electron chi connectivity index (χ4n) is 2.20. The van der Waals surface area contributed by atoms with E-state index in [-0.39, 0.29) is 17.4 Å². The van der Waals surface area contributed by atoms with Crippen molar-refractivity contribution < 1.29 is 9.90 Å². The summed E-state index contributed by atoms with van der Waals surface area (Å²) in [6, 6.07) is 9.48. The molecule has 5 heteroatoms. The molecule has 0 saturated carbocycles. The van der Waals surface area contributed by atoms with E-state index in [0.717, 1.165) is 11.3 Å². The highest BCUT2D eigenvalue weighted by Gasteiger charge is 2.20. The summed E-state index contributed by atoms with van der Waals surface area (Å²) in [5.41, 5.74) is 1.64. The van der Waals surface area contributed by atoms with Crippen molar-refractivity contribution in [1.29, 1.82) is 5.26 Å². The van der Waals surface area contributed by atoms with Crippen LogP contribution in [0.4, 0.5) is 0 Å². The lowest BCUT2D eigenvalue weighted by Gasteiger charge is -2.26. The zero-order valence-electron chi connectivity index (χ0n) is 13.4. The molecule has 0 bridgehead atoms. The minimum absolute atomic E-state index is 0.0114. The van der Waals surface area contributed by atoms with E-state index in [4.69, 9.17) is 5.26 Å². The lowest BCUT2D eigenvalue weighted by molar-refractivity contribution is -0.119. The number of carbonyl (C=O) groups is 1. The molecule has 0 aliphatic heterocycles. The first kappa shape index (κ1) is 18.5. The third kappa shape index (κ3) is 7.48. The third-order valence-corrected chi connectivity index (χ3v) is 4.20. The van der Waals surface area contributed by atoms with Crippen LogP contribution in [0.25, 0.3) is 0 Å². The van der Waals surface area contributed by atoms with Gasteiger partial charge in [-0.05, 0) is 36.5 Å². The molecule has 0 heterocycles. The Morgan fingerprint density at radius 3 is 2.59 bits per heavy atom. The van der Waals surface area contributed by atoms with Gasteiger partial charge in [-0.25, -0.2) is 0 Å². The number of aliphatic hydroxyl groups excluding tert-OH is 1. The van der Waals surface area contributed by atoms with Crippen LogP contribution in [0.2, 0.25) is 0 Å². The predicted molar refractivity (Wildman–Crippen MR) is 90.4 cm³/mol. The normalized spacial score (nSPS) is 12.5. The molecular weight excluding hydrogens is 296 g/mol. The highest BCUT2D eigenvalue weighted by molar-refractivity contribution is 7.99. The second kappa shape index (κ2) is 8.82. The number of benzene rings is 1. The lowest BCUT2D eigenvalue weighted by Crippen LogP contribution is -2.36. The Kier molecular flexibility index (Phi) is 7.43. The summed E-state index contributed by atoms with van der Waals surface area (Å²) in [7, 11) is 0. The van der Waals surface area contributed by atoms with Gasteiger partial charge in [0.15, 0.2) is 0 Å². The van der Waals surface area contributed by atoms with Gasteiger partial charge >= 0.3 is 0 Å². The van der Waals surface area contributed by atoms with Crippen LogP contribution >= 0.6 is 11.8 Å². The van der Waals surface area contributed by atoms with E-state index in [1.165, 1.54) is 0 Å². The van der Waals surface area contributed by atoms with E-state index in [9.17, 15) is 9.90 Å². The van der Waals surface area contributed by atoms with Crippen LogP contribution in [0.5, 0.6) is 0 Å². The Labute approximate surface area is 136 Å². The minimum atomic E-state index is -0.363. The van der Waals surface area contributed by atoms with Crippen LogP contribution in [-0.2, 0) is 10.5 Å². The molecule has 1 unspecified atom stereocenters. The van der Waals surface area contributed by atoms with Crippen LogP contribution < -0.4 is 5.32 Å². The van der Waals surface area contributed by atoms with Crippen LogP contribution in [0.1, 0.15) is 38.3 Å². The minimum Gasteiger partial charge on any atom is -0.393 e. The number of amides is 1. The summed E-state index contributed by atoms with van der Waals surface area (Å²) < 4.78 is 0. The van der Waals surface area contributed by atoms with E-state index in [1.54, 1.807) is 30.8 Å². The number of nitrogens with one attached hydrogen (secondary N) is 1. The first-order valence-electron chi connectivity index (χ1n) is 7.34. The van der Waals surface area contributed by atoms with Gasteiger partial charge in [0.05, 0.1) is 23.5 Å². The van der Waals surface area contributed by atoms with Crippen molar-refractivity contribution in [3.05, 3.63) is 35.4 Å². The highest BCUT2D eigenvalue weighted by Crippen LogP contribution is 2.21. The number of nitriles is 1. The molecule has 0 radical (unpaired) electrons. The van der Waals surface area contributed by atoms with E-state index >= 15 is 0 Å². The average molecular weight is 320 g/mol. The predicted octanol–water partition coefficient (Wildman–Crippen LogP) is 2.70. The van der Waals surface area contributed by atoms with Crippen molar-refractivity contribution in [3.63, 3.8) is 0 Å². The number of nitrogens with zero attached hydrogens (tertiary/aromatic N) is 1. The number of hydrogen-bond acceptors (Lipinski definition) is 4. The van der Waals surface area contributed by atoms with Gasteiger partial charge in [0, 0.05) is 12.3 Å². The van der Waals surface area contributed by atoms with Gasteiger partial charge in [-0.1, -0.05) is 26.0 Å². The molecule has 0 fully saturated rings. The van der Waals surface area contributed by atoms with E-state index < -0.39 is 0 Å². The molecule has 1 amide bonds. The third-order valence-electron chi connectivity index (χ3n) is 3.20. The van der Waals surface area contributed by atoms with Crippen molar-refractivity contribution in [3.8, 4) is 6.07 Å². The Hall–Kier alpha value is -1.51. The molecule has 0 saturated heterocycles. The average Bonchev–Trinajstić information content (AvgIpc) is 2.45. The maximum atomic E-state index is 11.8. The fraction of sp³-hybridized carbons (Fsp3) is 0.529. The molecule has 1 rings (SSSR count). The van der Waals surface area contributed by atoms with Gasteiger partial charge in [-0.3, -0.25) is 4.79 Å². The van der Waals surface area contributed by atoms with Crippen LogP contribution in [0, 0.1) is 16.7 Å². The maximum Gasteiger partial charge on any atom is 0.230 e. The first-order valence-corrected chi connectivity index (χ1v) is 8.49. The molecule has 1 atom stereocenters. The summed E-state index contributed by atoms with van der Waals surface area (Å²) in [5.74, 6) is 1.17. The lowest BCUT2D eigenvalue weighted by atomic mass is 9.87. The Morgan fingerprint density at radius 1 is 1.41 bits per heavy atom. The molecule has 2 N–H and O–H groups in total. The van der Waals surface area contributed by atoms with Gasteiger partial charge in [-0.2, -0.15) is 5.26 Å². The standard InChI is InChI=1S/C17H24N2O2S/c1-13(20)8-17(2,3)12-19-16(21)11-22-10-15-6-4-14(9-18)5-7-15/h4-7,13,20H,8,10-12H2,1-3H3,(H,19,21). The molecule has 1 aromatic rings. The quantitative estimate of drug-likeness (QED) is 0.772. The topological polar surface area (TPSA) is 73.1 Å². The van der Waals surface area contributed by atoms with Crippen molar-refractivity contribution >= 4 is 17.7 Å². The van der Waals surface area contributed by atoms with Gasteiger partial charge in [0.1, 0.15) is 0 Å². The van der Waals surface area contributed by atoms with Gasteiger partial charge in [0.25, 0.3) is 0 Å². The second-order valence-corrected chi connectivity index (χ2v) is 7.28. The molecule has 4 nitrogen and oxygen atoms in total. The van der Waals surface area contributed by atoms with Gasteiger partial charge in [0.2, 0.25) is 5.91 Å². The Bertz CT molecular complexity index is 518. The SMILES string of the molecule is CC(O)CC(C)(C)CNC(=O)CSCc1ccc(C#N)cc1. The van der Waals surface area contributed by atoms with Crippen LogP contribution in [-0.4, -0.2) is 29.4 Å². The summed E-state index contributed by atoms with van der Waals surface area (Å²) in [4.78, 5) is 11.8. The smallest absolute Gasteiger partial charge is 0.230 e. The number of aliphatic hydroxyl groups is 1. The zero-order chi connectivity index (χ0) is 16.6. The molecule has 0 spiro atoms. The summed E-state index contributed by atoms with van der Waals surface area (Å²) >= 11 is 1.55. The van der Waals surface area contributed by atoms with E-state index in [1.807, 2.05) is 26.0 Å². The molecule has 0 aliphatic rings. The molecule has 0 aromatic heterocycles. The maximum absolute atomic E-state index is 11.8. The van der Waals surface area contributed by atoms with E-state index in [0.29, 0.717) is 24.3 Å². The summed E-state index contributed by atoms with van der Waals surface area (Å²) in [6.45, 7) is 6.39. The number of rotatable bonds is 8. The van der Waals surface area contributed by atoms with Crippen molar-refractivity contribution in [1.82, 2.24) is 5.32 Å². The number of thioether (sulfide) groups is 1. The van der Waals surface area contributed by atoms with Gasteiger partial charge < -0.3 is 10.4 Å². The Morgan fingerprint density at radius 2 is 2.05 bits per heavy atom. The second-order valence-electron chi connectivity index (χ2n) is 6.30. The van der Waals surface area contributed by atoms with Crippen molar-refractivity contribution in [2.24, 2.45) is 5.41 Å². The molecule has 1 aromatic carbocycles. The van der Waals surface area contributed by atoms with Crippen molar-refractivity contribution in [2.75, 3.05) is 12.3 Å². The van der Waals surface area contributed by atoms with Crippen molar-refractivity contribution in [2.45, 2.75) is 39.0 Å².